The van der Waals surface area contributed by atoms with Gasteiger partial charge in [-0.2, -0.15) is 5.26 Å². The van der Waals surface area contributed by atoms with E-state index in [1.54, 1.807) is 11.3 Å². The SMILES string of the molecule is C[C@H]1CCc2c(sc(NC(=O)C(c3ccccc3)c3ccccc3)c2C#N)C1. The molecule has 1 heterocycles. The van der Waals surface area contributed by atoms with Crippen LogP contribution in [0, 0.1) is 17.2 Å². The van der Waals surface area contributed by atoms with Crippen molar-refractivity contribution in [2.45, 2.75) is 32.1 Å². The van der Waals surface area contributed by atoms with Gasteiger partial charge in [0.25, 0.3) is 0 Å². The molecule has 28 heavy (non-hydrogen) atoms. The maximum atomic E-state index is 13.3. The van der Waals surface area contributed by atoms with Crippen LogP contribution in [0.4, 0.5) is 5.00 Å². The van der Waals surface area contributed by atoms with Crippen LogP contribution in [-0.4, -0.2) is 5.91 Å². The number of fused-ring (bicyclic) bond motifs is 1. The normalized spacial score (nSPS) is 15.7. The number of hydrogen-bond acceptors (Lipinski definition) is 3. The molecule has 0 unspecified atom stereocenters. The molecular formula is C24H22N2OS. The van der Waals surface area contributed by atoms with Gasteiger partial charge in [-0.3, -0.25) is 4.79 Å². The van der Waals surface area contributed by atoms with Gasteiger partial charge in [-0.05, 0) is 41.9 Å². The summed E-state index contributed by atoms with van der Waals surface area (Å²) in [4.78, 5) is 14.6. The minimum Gasteiger partial charge on any atom is -0.316 e. The molecule has 4 heteroatoms. The third kappa shape index (κ3) is 3.58. The van der Waals surface area contributed by atoms with Crippen molar-refractivity contribution >= 4 is 22.2 Å². The fourth-order valence-corrected chi connectivity index (χ4v) is 5.29. The van der Waals surface area contributed by atoms with Gasteiger partial charge < -0.3 is 5.32 Å². The van der Waals surface area contributed by atoms with E-state index in [2.05, 4.69) is 18.3 Å². The average molecular weight is 387 g/mol. The van der Waals surface area contributed by atoms with Crippen molar-refractivity contribution in [3.05, 3.63) is 87.8 Å². The summed E-state index contributed by atoms with van der Waals surface area (Å²) >= 11 is 1.57. The first-order chi connectivity index (χ1) is 13.7. The van der Waals surface area contributed by atoms with Crippen molar-refractivity contribution in [3.63, 3.8) is 0 Å². The molecule has 0 saturated heterocycles. The lowest BCUT2D eigenvalue weighted by atomic mass is 9.88. The van der Waals surface area contributed by atoms with E-state index in [0.29, 0.717) is 16.5 Å². The molecule has 1 atom stereocenters. The molecule has 1 N–H and O–H groups in total. The summed E-state index contributed by atoms with van der Waals surface area (Å²) in [5.41, 5.74) is 3.68. The highest BCUT2D eigenvalue weighted by molar-refractivity contribution is 7.16. The van der Waals surface area contributed by atoms with Crippen molar-refractivity contribution < 1.29 is 4.79 Å². The second-order valence-electron chi connectivity index (χ2n) is 7.41. The van der Waals surface area contributed by atoms with Gasteiger partial charge in [-0.1, -0.05) is 67.6 Å². The number of nitrogens with zero attached hydrogens (tertiary/aromatic N) is 1. The van der Waals surface area contributed by atoms with E-state index < -0.39 is 5.92 Å². The van der Waals surface area contributed by atoms with Gasteiger partial charge in [0.1, 0.15) is 11.1 Å². The molecule has 3 aromatic rings. The Balaban J connectivity index is 1.69. The standard InChI is InChI=1S/C24H22N2OS/c1-16-12-13-19-20(15-25)24(28-21(19)14-16)26-23(27)22(17-8-4-2-5-9-17)18-10-6-3-7-11-18/h2-11,16,22H,12-14H2,1H3,(H,26,27)/t16-/m0/s1. The van der Waals surface area contributed by atoms with E-state index in [9.17, 15) is 10.1 Å². The van der Waals surface area contributed by atoms with Crippen LogP contribution in [-0.2, 0) is 17.6 Å². The molecule has 0 fully saturated rings. The van der Waals surface area contributed by atoms with E-state index >= 15 is 0 Å². The zero-order chi connectivity index (χ0) is 19.5. The Hall–Kier alpha value is -2.90. The van der Waals surface area contributed by atoms with Crippen molar-refractivity contribution in [2.24, 2.45) is 5.92 Å². The fraction of sp³-hybridized carbons (Fsp3) is 0.250. The molecule has 0 saturated carbocycles. The summed E-state index contributed by atoms with van der Waals surface area (Å²) in [5, 5.41) is 13.5. The molecule has 0 spiro atoms. The molecule has 3 nitrogen and oxygen atoms in total. The molecule has 0 bridgehead atoms. The molecule has 0 radical (unpaired) electrons. The van der Waals surface area contributed by atoms with Gasteiger partial charge in [0, 0.05) is 4.88 Å². The maximum absolute atomic E-state index is 13.3. The molecule has 0 aliphatic heterocycles. The number of anilines is 1. The number of hydrogen-bond donors (Lipinski definition) is 1. The predicted octanol–water partition coefficient (Wildman–Crippen LogP) is 5.52. The van der Waals surface area contributed by atoms with E-state index in [1.807, 2.05) is 60.7 Å². The van der Waals surface area contributed by atoms with Crippen LogP contribution in [0.25, 0.3) is 0 Å². The molecule has 1 aliphatic carbocycles. The van der Waals surface area contributed by atoms with Gasteiger partial charge in [0.2, 0.25) is 5.91 Å². The highest BCUT2D eigenvalue weighted by Crippen LogP contribution is 2.40. The van der Waals surface area contributed by atoms with Crippen LogP contribution in [0.15, 0.2) is 60.7 Å². The third-order valence-corrected chi connectivity index (χ3v) is 6.56. The fourth-order valence-electron chi connectivity index (χ4n) is 3.93. The lowest BCUT2D eigenvalue weighted by Crippen LogP contribution is -2.22. The first kappa shape index (κ1) is 18.5. The number of nitrogens with one attached hydrogen (secondary N) is 1. The largest absolute Gasteiger partial charge is 0.316 e. The Labute approximate surface area is 169 Å². The Morgan fingerprint density at radius 2 is 1.71 bits per heavy atom. The number of benzene rings is 2. The Morgan fingerprint density at radius 1 is 1.11 bits per heavy atom. The second-order valence-corrected chi connectivity index (χ2v) is 8.52. The first-order valence-corrected chi connectivity index (χ1v) is 10.4. The van der Waals surface area contributed by atoms with Crippen LogP contribution < -0.4 is 5.32 Å². The van der Waals surface area contributed by atoms with Crippen LogP contribution in [0.2, 0.25) is 0 Å². The van der Waals surface area contributed by atoms with Gasteiger partial charge in [0.05, 0.1) is 11.5 Å². The van der Waals surface area contributed by atoms with Crippen LogP contribution in [0.1, 0.15) is 46.4 Å². The van der Waals surface area contributed by atoms with Crippen molar-refractivity contribution in [2.75, 3.05) is 5.32 Å². The first-order valence-electron chi connectivity index (χ1n) is 9.62. The minimum atomic E-state index is -0.410. The smallest absolute Gasteiger partial charge is 0.237 e. The van der Waals surface area contributed by atoms with Gasteiger partial charge in [-0.25, -0.2) is 0 Å². The highest BCUT2D eigenvalue weighted by atomic mass is 32.1. The summed E-state index contributed by atoms with van der Waals surface area (Å²) in [6, 6.07) is 21.9. The molecule has 2 aromatic carbocycles. The van der Waals surface area contributed by atoms with Gasteiger partial charge >= 0.3 is 0 Å². The zero-order valence-electron chi connectivity index (χ0n) is 15.8. The van der Waals surface area contributed by atoms with Crippen molar-refractivity contribution in [3.8, 4) is 6.07 Å². The quantitative estimate of drug-likeness (QED) is 0.642. The van der Waals surface area contributed by atoms with E-state index in [1.165, 1.54) is 4.88 Å². The predicted molar refractivity (Wildman–Crippen MR) is 114 cm³/mol. The Morgan fingerprint density at radius 3 is 2.29 bits per heavy atom. The number of nitriles is 1. The van der Waals surface area contributed by atoms with Crippen molar-refractivity contribution in [1.82, 2.24) is 0 Å². The van der Waals surface area contributed by atoms with Crippen LogP contribution in [0.3, 0.4) is 0 Å². The number of amides is 1. The van der Waals surface area contributed by atoms with Crippen molar-refractivity contribution in [1.29, 1.82) is 5.26 Å². The molecule has 1 aliphatic rings. The Bertz CT molecular complexity index is 979. The van der Waals surface area contributed by atoms with E-state index in [0.717, 1.165) is 36.0 Å². The number of rotatable bonds is 4. The number of thiophene rings is 1. The van der Waals surface area contributed by atoms with E-state index in [-0.39, 0.29) is 5.91 Å². The summed E-state index contributed by atoms with van der Waals surface area (Å²) in [6.07, 6.45) is 3.01. The molecule has 1 amide bonds. The van der Waals surface area contributed by atoms with E-state index in [4.69, 9.17) is 0 Å². The third-order valence-electron chi connectivity index (χ3n) is 5.39. The monoisotopic (exact) mass is 386 g/mol. The summed E-state index contributed by atoms with van der Waals surface area (Å²) in [5.74, 6) is 0.121. The number of carbonyl (C=O) groups is 1. The van der Waals surface area contributed by atoms with Crippen LogP contribution >= 0.6 is 11.3 Å². The Kier molecular flexibility index (Phi) is 5.27. The summed E-state index contributed by atoms with van der Waals surface area (Å²) in [6.45, 7) is 2.24. The maximum Gasteiger partial charge on any atom is 0.237 e. The molecule has 140 valence electrons. The number of carbonyl (C=O) groups excluding carboxylic acids is 1. The highest BCUT2D eigenvalue weighted by Gasteiger charge is 2.28. The summed E-state index contributed by atoms with van der Waals surface area (Å²) in [7, 11) is 0. The minimum absolute atomic E-state index is 0.0967. The van der Waals surface area contributed by atoms with Crippen LogP contribution in [0.5, 0.6) is 0 Å². The molecule has 4 rings (SSSR count). The summed E-state index contributed by atoms with van der Waals surface area (Å²) < 4.78 is 0. The topological polar surface area (TPSA) is 52.9 Å². The van der Waals surface area contributed by atoms with Gasteiger partial charge in [-0.15, -0.1) is 11.3 Å². The molecule has 1 aromatic heterocycles. The second kappa shape index (κ2) is 8.00. The van der Waals surface area contributed by atoms with Gasteiger partial charge in [0.15, 0.2) is 0 Å². The molecular weight excluding hydrogens is 364 g/mol. The zero-order valence-corrected chi connectivity index (χ0v) is 16.6. The lowest BCUT2D eigenvalue weighted by Gasteiger charge is -2.17. The average Bonchev–Trinajstić information content (AvgIpc) is 3.05. The lowest BCUT2D eigenvalue weighted by molar-refractivity contribution is -0.116.